The quantitative estimate of drug-likeness (QED) is 0.339. The predicted molar refractivity (Wildman–Crippen MR) is 128 cm³/mol. The van der Waals surface area contributed by atoms with E-state index in [1.807, 2.05) is 54.0 Å². The first-order valence-corrected chi connectivity index (χ1v) is 11.4. The fraction of sp³-hybridized carbons (Fsp3) is 0.0870. The van der Waals surface area contributed by atoms with Crippen LogP contribution >= 0.6 is 22.7 Å². The number of nitrogens with one attached hydrogen (secondary N) is 2. The first-order valence-electron chi connectivity index (χ1n) is 9.67. The molecule has 0 saturated carbocycles. The molecule has 0 saturated heterocycles. The highest BCUT2D eigenvalue weighted by molar-refractivity contribution is 7.14. The Morgan fingerprint density at radius 3 is 2.69 bits per heavy atom. The van der Waals surface area contributed by atoms with Gasteiger partial charge in [0, 0.05) is 39.0 Å². The van der Waals surface area contributed by atoms with Crippen molar-refractivity contribution < 1.29 is 14.3 Å². The molecule has 5 rings (SSSR count). The number of para-hydroxylation sites is 1. The number of fused-ring (bicyclic) bond motifs is 1. The van der Waals surface area contributed by atoms with Gasteiger partial charge in [-0.1, -0.05) is 18.2 Å². The lowest BCUT2D eigenvalue weighted by atomic mass is 10.1. The van der Waals surface area contributed by atoms with Crippen molar-refractivity contribution in [2.45, 2.75) is 0 Å². The molecule has 0 spiro atoms. The number of nitrogens with zero attached hydrogens (tertiary/aromatic N) is 2. The zero-order valence-corrected chi connectivity index (χ0v) is 18.8. The van der Waals surface area contributed by atoms with Crippen molar-refractivity contribution in [2.24, 2.45) is 0 Å². The van der Waals surface area contributed by atoms with Gasteiger partial charge in [-0.25, -0.2) is 9.97 Å². The molecule has 0 aliphatic rings. The molecule has 0 radical (unpaired) electrons. The molecule has 1 amide bonds. The third kappa shape index (κ3) is 3.72. The minimum atomic E-state index is -0.298. The highest BCUT2D eigenvalue weighted by Crippen LogP contribution is 2.34. The molecule has 0 aliphatic heterocycles. The normalized spacial score (nSPS) is 10.9. The molecule has 2 aromatic carbocycles. The van der Waals surface area contributed by atoms with E-state index in [1.54, 1.807) is 19.6 Å². The number of methoxy groups -OCH3 is 2. The maximum Gasteiger partial charge on any atom is 0.276 e. The van der Waals surface area contributed by atoms with E-state index < -0.39 is 0 Å². The summed E-state index contributed by atoms with van der Waals surface area (Å²) in [5, 5.41) is 8.85. The maximum atomic E-state index is 12.7. The third-order valence-corrected chi connectivity index (χ3v) is 6.61. The van der Waals surface area contributed by atoms with Gasteiger partial charge in [0.2, 0.25) is 0 Å². The van der Waals surface area contributed by atoms with Gasteiger partial charge in [0.05, 0.1) is 19.9 Å². The second-order valence-corrected chi connectivity index (χ2v) is 8.56. The summed E-state index contributed by atoms with van der Waals surface area (Å²) in [7, 11) is 3.17. The average molecular weight is 463 g/mol. The van der Waals surface area contributed by atoms with Crippen LogP contribution in [0.5, 0.6) is 11.5 Å². The molecule has 3 heterocycles. The van der Waals surface area contributed by atoms with Gasteiger partial charge in [-0.2, -0.15) is 0 Å². The van der Waals surface area contributed by atoms with Gasteiger partial charge in [-0.3, -0.25) is 10.1 Å². The summed E-state index contributed by atoms with van der Waals surface area (Å²) in [6.45, 7) is 0. The molecule has 0 bridgehead atoms. The Balaban J connectivity index is 1.34. The van der Waals surface area contributed by atoms with E-state index in [1.165, 1.54) is 22.7 Å². The largest absolute Gasteiger partial charge is 0.493 e. The van der Waals surface area contributed by atoms with E-state index in [-0.39, 0.29) is 5.91 Å². The highest BCUT2D eigenvalue weighted by atomic mass is 32.1. The maximum absolute atomic E-state index is 12.7. The van der Waals surface area contributed by atoms with Gasteiger partial charge in [0.25, 0.3) is 5.91 Å². The zero-order chi connectivity index (χ0) is 22.1. The first kappa shape index (κ1) is 20.2. The van der Waals surface area contributed by atoms with Crippen molar-refractivity contribution in [3.05, 3.63) is 65.1 Å². The second-order valence-electron chi connectivity index (χ2n) is 6.85. The van der Waals surface area contributed by atoms with Crippen molar-refractivity contribution in [2.75, 3.05) is 19.5 Å². The molecule has 3 aromatic heterocycles. The van der Waals surface area contributed by atoms with E-state index in [2.05, 4.69) is 20.3 Å². The summed E-state index contributed by atoms with van der Waals surface area (Å²) in [6.07, 6.45) is 1.93. The standard InChI is InChI=1S/C23H18N4O3S2/c1-29-19-8-7-13(9-20(19)30-2)22-25-18(12-31-22)21(28)27-23-26-17(11-32-23)15-10-24-16-6-4-3-5-14(15)16/h3-12,24H,1-2H3,(H,26,27,28). The predicted octanol–water partition coefficient (Wildman–Crippen LogP) is 5.68. The summed E-state index contributed by atoms with van der Waals surface area (Å²) in [5.41, 5.74) is 4.05. The lowest BCUT2D eigenvalue weighted by molar-refractivity contribution is 0.102. The molecule has 160 valence electrons. The van der Waals surface area contributed by atoms with Crippen LogP contribution in [0.1, 0.15) is 10.5 Å². The molecule has 0 atom stereocenters. The molecule has 0 aliphatic carbocycles. The van der Waals surface area contributed by atoms with Crippen LogP contribution in [0.3, 0.4) is 0 Å². The number of aromatic nitrogens is 3. The molecule has 0 unspecified atom stereocenters. The number of anilines is 1. The van der Waals surface area contributed by atoms with Crippen LogP contribution in [-0.2, 0) is 0 Å². The summed E-state index contributed by atoms with van der Waals surface area (Å²) >= 11 is 2.77. The number of hydrogen-bond donors (Lipinski definition) is 2. The number of carbonyl (C=O) groups is 1. The van der Waals surface area contributed by atoms with E-state index in [0.29, 0.717) is 22.3 Å². The van der Waals surface area contributed by atoms with Gasteiger partial charge in [-0.15, -0.1) is 22.7 Å². The molecular weight excluding hydrogens is 444 g/mol. The molecule has 2 N–H and O–H groups in total. The van der Waals surface area contributed by atoms with Crippen LogP contribution < -0.4 is 14.8 Å². The number of aromatic amines is 1. The Morgan fingerprint density at radius 1 is 1.00 bits per heavy atom. The van der Waals surface area contributed by atoms with Crippen LogP contribution in [0.25, 0.3) is 32.7 Å². The van der Waals surface area contributed by atoms with Gasteiger partial charge in [0.1, 0.15) is 10.7 Å². The number of H-pyrrole nitrogens is 1. The Kier molecular flexibility index (Phi) is 5.34. The molecule has 9 heteroatoms. The Bertz CT molecular complexity index is 1420. The smallest absolute Gasteiger partial charge is 0.276 e. The average Bonchev–Trinajstić information content (AvgIpc) is 3.57. The van der Waals surface area contributed by atoms with Crippen molar-refractivity contribution in [1.29, 1.82) is 0 Å². The number of benzene rings is 2. The van der Waals surface area contributed by atoms with Gasteiger partial charge in [-0.05, 0) is 24.3 Å². The molecule has 7 nitrogen and oxygen atoms in total. The third-order valence-electron chi connectivity index (χ3n) is 4.96. The van der Waals surface area contributed by atoms with E-state index in [0.717, 1.165) is 32.7 Å². The summed E-state index contributed by atoms with van der Waals surface area (Å²) in [5.74, 6) is 0.951. The number of ether oxygens (including phenoxy) is 2. The van der Waals surface area contributed by atoms with E-state index in [4.69, 9.17) is 9.47 Å². The van der Waals surface area contributed by atoms with Crippen molar-refractivity contribution in [3.8, 4) is 33.3 Å². The van der Waals surface area contributed by atoms with Crippen LogP contribution in [0.2, 0.25) is 0 Å². The van der Waals surface area contributed by atoms with Gasteiger partial charge >= 0.3 is 0 Å². The molecule has 32 heavy (non-hydrogen) atoms. The second kappa shape index (κ2) is 8.45. The zero-order valence-electron chi connectivity index (χ0n) is 17.2. The summed E-state index contributed by atoms with van der Waals surface area (Å²) < 4.78 is 10.6. The SMILES string of the molecule is COc1ccc(-c2nc(C(=O)Nc3nc(-c4c[nH]c5ccccc45)cs3)cs2)cc1OC. The number of carbonyl (C=O) groups excluding carboxylic acids is 1. The van der Waals surface area contributed by atoms with Crippen molar-refractivity contribution in [3.63, 3.8) is 0 Å². The van der Waals surface area contributed by atoms with Crippen LogP contribution in [0, 0.1) is 0 Å². The summed E-state index contributed by atoms with van der Waals surface area (Å²) in [6, 6.07) is 13.6. The minimum Gasteiger partial charge on any atom is -0.493 e. The number of thiazole rings is 2. The van der Waals surface area contributed by atoms with Crippen LogP contribution in [-0.4, -0.2) is 35.1 Å². The van der Waals surface area contributed by atoms with Gasteiger partial charge < -0.3 is 14.5 Å². The summed E-state index contributed by atoms with van der Waals surface area (Å²) in [4.78, 5) is 25.1. The van der Waals surface area contributed by atoms with Crippen molar-refractivity contribution in [1.82, 2.24) is 15.0 Å². The number of amides is 1. The lowest BCUT2D eigenvalue weighted by Gasteiger charge is -2.08. The van der Waals surface area contributed by atoms with Crippen LogP contribution in [0.15, 0.2) is 59.4 Å². The number of rotatable bonds is 6. The Hall–Kier alpha value is -3.69. The molecule has 0 fully saturated rings. The first-order chi connectivity index (χ1) is 15.7. The number of hydrogen-bond acceptors (Lipinski definition) is 7. The lowest BCUT2D eigenvalue weighted by Crippen LogP contribution is -2.12. The minimum absolute atomic E-state index is 0.298. The van der Waals surface area contributed by atoms with E-state index >= 15 is 0 Å². The molecule has 5 aromatic rings. The van der Waals surface area contributed by atoms with Gasteiger partial charge in [0.15, 0.2) is 16.6 Å². The topological polar surface area (TPSA) is 89.1 Å². The molecular formula is C23H18N4O3S2. The van der Waals surface area contributed by atoms with Crippen molar-refractivity contribution >= 4 is 44.6 Å². The van der Waals surface area contributed by atoms with Crippen LogP contribution in [0.4, 0.5) is 5.13 Å². The monoisotopic (exact) mass is 462 g/mol. The Morgan fingerprint density at radius 2 is 1.84 bits per heavy atom. The Labute approximate surface area is 191 Å². The fourth-order valence-corrected chi connectivity index (χ4v) is 4.88. The fourth-order valence-electron chi connectivity index (χ4n) is 3.38. The van der Waals surface area contributed by atoms with E-state index in [9.17, 15) is 4.79 Å². The highest BCUT2D eigenvalue weighted by Gasteiger charge is 2.16.